The van der Waals surface area contributed by atoms with Crippen LogP contribution in [0.1, 0.15) is 19.8 Å². The number of carbonyl (C=O) groups is 1. The fraction of sp³-hybridized carbons (Fsp3) is 0.727. The predicted octanol–water partition coefficient (Wildman–Crippen LogP) is 0.662. The first-order chi connectivity index (χ1) is 6.66. The molecular formula is C11H18N2O. The maximum atomic E-state index is 10.8. The molecule has 2 rings (SSSR count). The number of hydrogen-bond donors (Lipinski definition) is 2. The van der Waals surface area contributed by atoms with Gasteiger partial charge in [-0.05, 0) is 44.1 Å². The van der Waals surface area contributed by atoms with Crippen molar-refractivity contribution in [3.63, 3.8) is 0 Å². The monoisotopic (exact) mass is 194 g/mol. The molecule has 2 bridgehead atoms. The highest BCUT2D eigenvalue weighted by Gasteiger charge is 2.35. The quantitative estimate of drug-likeness (QED) is 0.646. The third kappa shape index (κ3) is 1.82. The molecule has 2 aliphatic carbocycles. The SMILES string of the molecule is CC(NCC1CC2C=CC1C2)C(N)=O. The lowest BCUT2D eigenvalue weighted by Gasteiger charge is -2.20. The molecule has 0 aromatic heterocycles. The fourth-order valence-corrected chi connectivity index (χ4v) is 2.56. The highest BCUT2D eigenvalue weighted by atomic mass is 16.1. The molecule has 0 spiro atoms. The van der Waals surface area contributed by atoms with E-state index in [4.69, 9.17) is 5.73 Å². The van der Waals surface area contributed by atoms with Crippen LogP contribution in [0.3, 0.4) is 0 Å². The summed E-state index contributed by atoms with van der Waals surface area (Å²) in [6, 6.07) is -0.196. The first-order valence-corrected chi connectivity index (χ1v) is 5.38. The van der Waals surface area contributed by atoms with Crippen molar-refractivity contribution in [2.24, 2.45) is 23.5 Å². The lowest BCUT2D eigenvalue weighted by atomic mass is 9.93. The van der Waals surface area contributed by atoms with Gasteiger partial charge in [-0.3, -0.25) is 4.79 Å². The van der Waals surface area contributed by atoms with E-state index < -0.39 is 0 Å². The summed E-state index contributed by atoms with van der Waals surface area (Å²) in [5, 5.41) is 3.20. The molecule has 4 atom stereocenters. The van der Waals surface area contributed by atoms with Crippen LogP contribution in [0.5, 0.6) is 0 Å². The van der Waals surface area contributed by atoms with Gasteiger partial charge in [-0.1, -0.05) is 12.2 Å². The molecule has 1 amide bonds. The smallest absolute Gasteiger partial charge is 0.234 e. The molecule has 1 saturated carbocycles. The standard InChI is InChI=1S/C11H18N2O/c1-7(11(12)14)13-6-10-5-8-2-3-9(10)4-8/h2-3,7-10,13H,4-6H2,1H3,(H2,12,14). The van der Waals surface area contributed by atoms with Gasteiger partial charge in [0, 0.05) is 0 Å². The summed E-state index contributed by atoms with van der Waals surface area (Å²) >= 11 is 0. The number of carbonyl (C=O) groups excluding carboxylic acids is 1. The molecule has 3 N–H and O–H groups in total. The van der Waals surface area contributed by atoms with Gasteiger partial charge in [0.15, 0.2) is 0 Å². The highest BCUT2D eigenvalue weighted by Crippen LogP contribution is 2.42. The van der Waals surface area contributed by atoms with Crippen LogP contribution in [0.4, 0.5) is 0 Å². The number of amides is 1. The van der Waals surface area contributed by atoms with Gasteiger partial charge in [-0.25, -0.2) is 0 Å². The second kappa shape index (κ2) is 3.73. The Morgan fingerprint density at radius 3 is 2.86 bits per heavy atom. The van der Waals surface area contributed by atoms with Gasteiger partial charge in [0.1, 0.15) is 0 Å². The van der Waals surface area contributed by atoms with Crippen molar-refractivity contribution in [3.05, 3.63) is 12.2 Å². The molecule has 2 aliphatic rings. The first kappa shape index (κ1) is 9.71. The van der Waals surface area contributed by atoms with Crippen molar-refractivity contribution in [2.75, 3.05) is 6.54 Å². The Labute approximate surface area is 84.7 Å². The third-order valence-electron chi connectivity index (χ3n) is 3.53. The van der Waals surface area contributed by atoms with Gasteiger partial charge in [-0.15, -0.1) is 0 Å². The van der Waals surface area contributed by atoms with E-state index in [1.54, 1.807) is 0 Å². The van der Waals surface area contributed by atoms with Gasteiger partial charge in [0.2, 0.25) is 5.91 Å². The zero-order valence-corrected chi connectivity index (χ0v) is 8.57. The maximum Gasteiger partial charge on any atom is 0.234 e. The average molecular weight is 194 g/mol. The van der Waals surface area contributed by atoms with E-state index in [0.717, 1.165) is 18.4 Å². The summed E-state index contributed by atoms with van der Waals surface area (Å²) in [5.41, 5.74) is 5.18. The van der Waals surface area contributed by atoms with Gasteiger partial charge < -0.3 is 11.1 Å². The summed E-state index contributed by atoms with van der Waals surface area (Å²) in [4.78, 5) is 10.8. The zero-order valence-electron chi connectivity index (χ0n) is 8.57. The van der Waals surface area contributed by atoms with Crippen molar-refractivity contribution >= 4 is 5.91 Å². The molecule has 0 heterocycles. The van der Waals surface area contributed by atoms with Crippen molar-refractivity contribution in [1.82, 2.24) is 5.32 Å². The molecule has 3 nitrogen and oxygen atoms in total. The van der Waals surface area contributed by atoms with Crippen LogP contribution in [0.25, 0.3) is 0 Å². The first-order valence-electron chi connectivity index (χ1n) is 5.38. The van der Waals surface area contributed by atoms with Crippen LogP contribution in [-0.4, -0.2) is 18.5 Å². The second-order valence-electron chi connectivity index (χ2n) is 4.57. The van der Waals surface area contributed by atoms with Gasteiger partial charge in [0.05, 0.1) is 6.04 Å². The lowest BCUT2D eigenvalue weighted by Crippen LogP contribution is -2.41. The molecule has 0 aliphatic heterocycles. The number of primary amides is 1. The van der Waals surface area contributed by atoms with E-state index in [-0.39, 0.29) is 11.9 Å². The molecule has 78 valence electrons. The molecular weight excluding hydrogens is 176 g/mol. The third-order valence-corrected chi connectivity index (χ3v) is 3.53. The van der Waals surface area contributed by atoms with Crippen molar-refractivity contribution < 1.29 is 4.79 Å². The summed E-state index contributed by atoms with van der Waals surface area (Å²) in [7, 11) is 0. The number of nitrogens with two attached hydrogens (primary N) is 1. The van der Waals surface area contributed by atoms with Gasteiger partial charge >= 0.3 is 0 Å². The van der Waals surface area contributed by atoms with Crippen molar-refractivity contribution in [1.29, 1.82) is 0 Å². The number of fused-ring (bicyclic) bond motifs is 2. The van der Waals surface area contributed by atoms with Crippen LogP contribution < -0.4 is 11.1 Å². The fourth-order valence-electron chi connectivity index (χ4n) is 2.56. The molecule has 0 aromatic rings. The van der Waals surface area contributed by atoms with E-state index in [1.165, 1.54) is 12.8 Å². The van der Waals surface area contributed by atoms with Gasteiger partial charge in [0.25, 0.3) is 0 Å². The largest absolute Gasteiger partial charge is 0.368 e. The minimum absolute atomic E-state index is 0.196. The maximum absolute atomic E-state index is 10.8. The Kier molecular flexibility index (Phi) is 2.59. The van der Waals surface area contributed by atoms with Crippen LogP contribution in [0, 0.1) is 17.8 Å². The summed E-state index contributed by atoms with van der Waals surface area (Å²) in [6.07, 6.45) is 7.26. The minimum atomic E-state index is -0.260. The van der Waals surface area contributed by atoms with Crippen molar-refractivity contribution in [2.45, 2.75) is 25.8 Å². The molecule has 3 heteroatoms. The molecule has 0 saturated heterocycles. The highest BCUT2D eigenvalue weighted by molar-refractivity contribution is 5.79. The zero-order chi connectivity index (χ0) is 10.1. The Morgan fingerprint density at radius 2 is 2.36 bits per heavy atom. The Morgan fingerprint density at radius 1 is 1.57 bits per heavy atom. The number of rotatable bonds is 4. The minimum Gasteiger partial charge on any atom is -0.368 e. The molecule has 14 heavy (non-hydrogen) atoms. The van der Waals surface area contributed by atoms with Crippen LogP contribution in [-0.2, 0) is 4.79 Å². The van der Waals surface area contributed by atoms with Gasteiger partial charge in [-0.2, -0.15) is 0 Å². The molecule has 0 radical (unpaired) electrons. The molecule has 0 aromatic carbocycles. The molecule has 1 fully saturated rings. The average Bonchev–Trinajstić information content (AvgIpc) is 2.74. The van der Waals surface area contributed by atoms with E-state index in [1.807, 2.05) is 6.92 Å². The summed E-state index contributed by atoms with van der Waals surface area (Å²) < 4.78 is 0. The Bertz CT molecular complexity index is 262. The van der Waals surface area contributed by atoms with Crippen LogP contribution in [0.2, 0.25) is 0 Å². The Hall–Kier alpha value is -0.830. The van der Waals surface area contributed by atoms with Crippen LogP contribution in [0.15, 0.2) is 12.2 Å². The molecule has 4 unspecified atom stereocenters. The number of nitrogens with one attached hydrogen (secondary N) is 1. The van der Waals surface area contributed by atoms with E-state index >= 15 is 0 Å². The van der Waals surface area contributed by atoms with Crippen LogP contribution >= 0.6 is 0 Å². The van der Waals surface area contributed by atoms with E-state index in [0.29, 0.717) is 5.92 Å². The second-order valence-corrected chi connectivity index (χ2v) is 4.57. The van der Waals surface area contributed by atoms with Crippen molar-refractivity contribution in [3.8, 4) is 0 Å². The number of allylic oxidation sites excluding steroid dienone is 2. The lowest BCUT2D eigenvalue weighted by molar-refractivity contribution is -0.119. The summed E-state index contributed by atoms with van der Waals surface area (Å²) in [6.45, 7) is 2.75. The topological polar surface area (TPSA) is 55.1 Å². The Balaban J connectivity index is 1.77. The van der Waals surface area contributed by atoms with E-state index in [2.05, 4.69) is 17.5 Å². The normalized spacial score (nSPS) is 36.2. The van der Waals surface area contributed by atoms with E-state index in [9.17, 15) is 4.79 Å². The number of hydrogen-bond acceptors (Lipinski definition) is 2. The predicted molar refractivity (Wildman–Crippen MR) is 55.5 cm³/mol. The summed E-state index contributed by atoms with van der Waals surface area (Å²) in [5.74, 6) is 2.00.